The second-order valence-corrected chi connectivity index (χ2v) is 6.57. The Morgan fingerprint density at radius 2 is 2.17 bits per heavy atom. The highest BCUT2D eigenvalue weighted by Gasteiger charge is 2.33. The number of urea groups is 1. The number of likely N-dealkylation sites (tertiary alicyclic amines) is 1. The van der Waals surface area contributed by atoms with Gasteiger partial charge in [0.25, 0.3) is 5.56 Å². The smallest absolute Gasteiger partial charge is 0.322 e. The molecule has 3 rings (SSSR count). The van der Waals surface area contributed by atoms with E-state index < -0.39 is 0 Å². The summed E-state index contributed by atoms with van der Waals surface area (Å²) in [5, 5.41) is 2.81. The normalized spacial score (nSPS) is 20.9. The molecule has 6 nitrogen and oxygen atoms in total. The van der Waals surface area contributed by atoms with E-state index in [0.29, 0.717) is 18.2 Å². The number of anilines is 1. The summed E-state index contributed by atoms with van der Waals surface area (Å²) < 4.78 is 6.99. The van der Waals surface area contributed by atoms with Crippen LogP contribution >= 0.6 is 0 Å². The molecule has 0 radical (unpaired) electrons. The third-order valence-corrected chi connectivity index (χ3v) is 4.71. The van der Waals surface area contributed by atoms with Gasteiger partial charge in [-0.05, 0) is 49.4 Å². The number of pyridine rings is 1. The Morgan fingerprint density at radius 3 is 2.88 bits per heavy atom. The zero-order valence-electron chi connectivity index (χ0n) is 14.3. The van der Waals surface area contributed by atoms with E-state index in [2.05, 4.69) is 12.2 Å². The van der Waals surface area contributed by atoms with Crippen LogP contribution in [0.25, 0.3) is 0 Å². The van der Waals surface area contributed by atoms with E-state index in [1.807, 2.05) is 25.1 Å². The van der Waals surface area contributed by atoms with Crippen molar-refractivity contribution in [3.8, 4) is 0 Å². The van der Waals surface area contributed by atoms with Crippen LogP contribution < -0.4 is 10.9 Å². The summed E-state index contributed by atoms with van der Waals surface area (Å²) in [6.45, 7) is 4.64. The van der Waals surface area contributed by atoms with Crippen molar-refractivity contribution in [1.82, 2.24) is 9.47 Å². The maximum atomic E-state index is 12.8. The molecule has 1 saturated heterocycles. The van der Waals surface area contributed by atoms with Crippen molar-refractivity contribution in [2.75, 3.05) is 11.9 Å². The van der Waals surface area contributed by atoms with Crippen LogP contribution in [0.5, 0.6) is 0 Å². The van der Waals surface area contributed by atoms with Gasteiger partial charge in [-0.25, -0.2) is 4.79 Å². The highest BCUT2D eigenvalue weighted by Crippen LogP contribution is 2.34. The lowest BCUT2D eigenvalue weighted by Crippen LogP contribution is -2.43. The fourth-order valence-corrected chi connectivity index (χ4v) is 3.19. The third kappa shape index (κ3) is 3.09. The van der Waals surface area contributed by atoms with Gasteiger partial charge in [-0.3, -0.25) is 4.79 Å². The molecule has 1 aliphatic rings. The van der Waals surface area contributed by atoms with Gasteiger partial charge in [0.2, 0.25) is 0 Å². The minimum absolute atomic E-state index is 0.100. The second-order valence-electron chi connectivity index (χ2n) is 6.57. The molecule has 128 valence electrons. The number of rotatable bonds is 2. The van der Waals surface area contributed by atoms with Crippen LogP contribution in [-0.2, 0) is 7.05 Å². The first-order valence-electron chi connectivity index (χ1n) is 8.24. The standard InChI is InChI=1S/C18H23N3O3/c1-12-6-9-21(14(11-12)15-5-4-10-24-15)18(23)19-16-13(2)7-8-20(3)17(16)22/h4-5,7-8,10,12,14H,6,9,11H2,1-3H3,(H,19,23). The Morgan fingerprint density at radius 1 is 1.38 bits per heavy atom. The number of aromatic nitrogens is 1. The molecule has 0 aromatic carbocycles. The van der Waals surface area contributed by atoms with Crippen LogP contribution in [0.15, 0.2) is 39.9 Å². The first-order valence-corrected chi connectivity index (χ1v) is 8.24. The zero-order valence-corrected chi connectivity index (χ0v) is 14.3. The van der Waals surface area contributed by atoms with E-state index in [1.54, 1.807) is 24.4 Å². The van der Waals surface area contributed by atoms with E-state index in [-0.39, 0.29) is 17.6 Å². The van der Waals surface area contributed by atoms with Gasteiger partial charge < -0.3 is 19.2 Å². The molecule has 0 aliphatic carbocycles. The van der Waals surface area contributed by atoms with Gasteiger partial charge in [-0.15, -0.1) is 0 Å². The van der Waals surface area contributed by atoms with Gasteiger partial charge in [0.05, 0.1) is 12.3 Å². The fraction of sp³-hybridized carbons (Fsp3) is 0.444. The highest BCUT2D eigenvalue weighted by atomic mass is 16.3. The van der Waals surface area contributed by atoms with Crippen molar-refractivity contribution in [3.63, 3.8) is 0 Å². The topological polar surface area (TPSA) is 67.5 Å². The van der Waals surface area contributed by atoms with E-state index in [4.69, 9.17) is 4.42 Å². The molecule has 1 fully saturated rings. The molecule has 2 amide bonds. The van der Waals surface area contributed by atoms with Crippen LogP contribution in [0.3, 0.4) is 0 Å². The molecule has 2 aromatic rings. The van der Waals surface area contributed by atoms with Crippen molar-refractivity contribution >= 4 is 11.7 Å². The summed E-state index contributed by atoms with van der Waals surface area (Å²) in [6.07, 6.45) is 5.12. The quantitative estimate of drug-likeness (QED) is 0.919. The van der Waals surface area contributed by atoms with Gasteiger partial charge in [-0.2, -0.15) is 0 Å². The highest BCUT2D eigenvalue weighted by molar-refractivity contribution is 5.90. The van der Waals surface area contributed by atoms with E-state index >= 15 is 0 Å². The molecule has 6 heteroatoms. The number of nitrogens with zero attached hydrogens (tertiary/aromatic N) is 2. The Bertz CT molecular complexity index is 779. The van der Waals surface area contributed by atoms with E-state index in [1.165, 1.54) is 4.57 Å². The number of nitrogens with one attached hydrogen (secondary N) is 1. The molecular formula is C18H23N3O3. The van der Waals surface area contributed by atoms with Gasteiger partial charge in [0.15, 0.2) is 0 Å². The minimum Gasteiger partial charge on any atom is -0.467 e. The molecule has 0 saturated carbocycles. The van der Waals surface area contributed by atoms with Crippen LogP contribution in [0.1, 0.15) is 37.1 Å². The number of hydrogen-bond acceptors (Lipinski definition) is 3. The maximum absolute atomic E-state index is 12.8. The third-order valence-electron chi connectivity index (χ3n) is 4.71. The maximum Gasteiger partial charge on any atom is 0.322 e. The van der Waals surface area contributed by atoms with Crippen LogP contribution in [0.2, 0.25) is 0 Å². The minimum atomic E-state index is -0.255. The first kappa shape index (κ1) is 16.4. The molecule has 24 heavy (non-hydrogen) atoms. The summed E-state index contributed by atoms with van der Waals surface area (Å²) in [4.78, 5) is 26.9. The summed E-state index contributed by atoms with van der Waals surface area (Å²) in [6, 6.07) is 5.20. The lowest BCUT2D eigenvalue weighted by molar-refractivity contribution is 0.129. The Hall–Kier alpha value is -2.50. The van der Waals surface area contributed by atoms with Crippen molar-refractivity contribution in [3.05, 3.63) is 52.3 Å². The number of amides is 2. The summed E-state index contributed by atoms with van der Waals surface area (Å²) in [7, 11) is 1.67. The molecule has 0 spiro atoms. The molecular weight excluding hydrogens is 306 g/mol. The summed E-state index contributed by atoms with van der Waals surface area (Å²) in [5.74, 6) is 1.31. The second kappa shape index (κ2) is 6.55. The SMILES string of the molecule is Cc1ccn(C)c(=O)c1NC(=O)N1CCC(C)CC1c1ccco1. The summed E-state index contributed by atoms with van der Waals surface area (Å²) in [5.41, 5.74) is 0.886. The number of carbonyl (C=O) groups is 1. The van der Waals surface area contributed by atoms with Gasteiger partial charge in [0.1, 0.15) is 11.4 Å². The number of furan rings is 1. The fourth-order valence-electron chi connectivity index (χ4n) is 3.19. The van der Waals surface area contributed by atoms with Crippen molar-refractivity contribution in [2.45, 2.75) is 32.7 Å². The monoisotopic (exact) mass is 329 g/mol. The zero-order chi connectivity index (χ0) is 17.3. The summed E-state index contributed by atoms with van der Waals surface area (Å²) >= 11 is 0. The van der Waals surface area contributed by atoms with Gasteiger partial charge in [0, 0.05) is 19.8 Å². The lowest BCUT2D eigenvalue weighted by Gasteiger charge is -2.37. The molecule has 3 heterocycles. The van der Waals surface area contributed by atoms with Gasteiger partial charge in [-0.1, -0.05) is 6.92 Å². The van der Waals surface area contributed by atoms with Crippen LogP contribution in [0.4, 0.5) is 10.5 Å². The van der Waals surface area contributed by atoms with E-state index in [9.17, 15) is 9.59 Å². The largest absolute Gasteiger partial charge is 0.467 e. The predicted molar refractivity (Wildman–Crippen MR) is 92.0 cm³/mol. The Balaban J connectivity index is 1.86. The molecule has 1 N–H and O–H groups in total. The molecule has 0 bridgehead atoms. The van der Waals surface area contributed by atoms with Crippen LogP contribution in [0, 0.1) is 12.8 Å². The Labute approximate surface area is 141 Å². The lowest BCUT2D eigenvalue weighted by atomic mass is 9.91. The van der Waals surface area contributed by atoms with Crippen molar-refractivity contribution in [1.29, 1.82) is 0 Å². The van der Waals surface area contributed by atoms with Crippen molar-refractivity contribution in [2.24, 2.45) is 13.0 Å². The molecule has 2 atom stereocenters. The number of aryl methyl sites for hydroxylation is 2. The van der Waals surface area contributed by atoms with Crippen LogP contribution in [-0.4, -0.2) is 22.0 Å². The predicted octanol–water partition coefficient (Wildman–Crippen LogP) is 3.29. The van der Waals surface area contributed by atoms with E-state index in [0.717, 1.165) is 24.2 Å². The molecule has 2 aromatic heterocycles. The Kier molecular flexibility index (Phi) is 4.46. The molecule has 1 aliphatic heterocycles. The van der Waals surface area contributed by atoms with Crippen molar-refractivity contribution < 1.29 is 9.21 Å². The average molecular weight is 329 g/mol. The number of piperidine rings is 1. The average Bonchev–Trinajstić information content (AvgIpc) is 3.09. The molecule has 2 unspecified atom stereocenters. The van der Waals surface area contributed by atoms with Gasteiger partial charge >= 0.3 is 6.03 Å². The number of hydrogen-bond donors (Lipinski definition) is 1. The number of carbonyl (C=O) groups excluding carboxylic acids is 1. The first-order chi connectivity index (χ1) is 11.5.